The molecule has 7 heteroatoms. The summed E-state index contributed by atoms with van der Waals surface area (Å²) in [5, 5.41) is 3.66. The van der Waals surface area contributed by atoms with Gasteiger partial charge >= 0.3 is 181 Å². The van der Waals surface area contributed by atoms with Crippen molar-refractivity contribution in [1.29, 1.82) is 0 Å². The number of allylic oxidation sites excluding steroid dienone is 8. The molecule has 0 atom stereocenters. The Balaban J connectivity index is 0.00000150. The van der Waals surface area contributed by atoms with Crippen LogP contribution in [-0.4, -0.2) is 51.8 Å². The Labute approximate surface area is 213 Å². The van der Waals surface area contributed by atoms with E-state index in [1.54, 1.807) is 0 Å². The van der Waals surface area contributed by atoms with Gasteiger partial charge in [0.05, 0.1) is 0 Å². The van der Waals surface area contributed by atoms with E-state index in [1.165, 1.54) is 64.7 Å². The van der Waals surface area contributed by atoms with Crippen LogP contribution in [0.3, 0.4) is 0 Å². The van der Waals surface area contributed by atoms with Crippen LogP contribution in [-0.2, 0) is 23.2 Å². The minimum absolute atomic E-state index is 0. The standard InChI is InChI=1S/2C11H18NSi.2BrH.Zr/c2*1-13(2,11-7-3-4-8-11)12-9-5-6-10-12;;;/h2*3,7H,4-6,9-10H2,1-2H3;2*1H;. The molecule has 0 aromatic carbocycles. The molecule has 0 saturated carbocycles. The molecule has 2 fully saturated rings. The van der Waals surface area contributed by atoms with Gasteiger partial charge in [0.15, 0.2) is 0 Å². The van der Waals surface area contributed by atoms with E-state index in [0.717, 1.165) is 0 Å². The summed E-state index contributed by atoms with van der Waals surface area (Å²) in [6, 6.07) is 0. The summed E-state index contributed by atoms with van der Waals surface area (Å²) in [5.41, 5.74) is 0. The van der Waals surface area contributed by atoms with Gasteiger partial charge in [-0.25, -0.2) is 0 Å². The number of hydrogen-bond acceptors (Lipinski definition) is 2. The van der Waals surface area contributed by atoms with Crippen LogP contribution < -0.4 is 0 Å². The Morgan fingerprint density at radius 1 is 0.655 bits per heavy atom. The molecule has 0 N–H and O–H groups in total. The van der Waals surface area contributed by atoms with Crippen LogP contribution in [0.15, 0.2) is 41.3 Å². The van der Waals surface area contributed by atoms with Gasteiger partial charge in [0.1, 0.15) is 0 Å². The summed E-state index contributed by atoms with van der Waals surface area (Å²) in [7, 11) is -2.88. The maximum absolute atomic E-state index is 2.88. The zero-order chi connectivity index (χ0) is 19.1. The van der Waals surface area contributed by atoms with Gasteiger partial charge in [-0.3, -0.25) is 0 Å². The van der Waals surface area contributed by atoms with E-state index in [-0.39, 0.29) is 34.0 Å². The zero-order valence-electron chi connectivity index (χ0n) is 18.6. The molecule has 2 heterocycles. The molecule has 0 aromatic heterocycles. The molecule has 0 amide bonds. The second-order valence-corrected chi connectivity index (χ2v) is 21.8. The van der Waals surface area contributed by atoms with Crippen LogP contribution in [0.2, 0.25) is 26.2 Å². The van der Waals surface area contributed by atoms with E-state index in [0.29, 0.717) is 0 Å². The van der Waals surface area contributed by atoms with E-state index in [9.17, 15) is 0 Å². The van der Waals surface area contributed by atoms with Crippen LogP contribution in [0.4, 0.5) is 0 Å². The average Bonchev–Trinajstić information content (AvgIpc) is 3.40. The maximum atomic E-state index is 2.88. The Bertz CT molecular complexity index is 656. The fourth-order valence-corrected chi connectivity index (χ4v) is 20.1. The normalized spacial score (nSPS) is 23.2. The molecule has 4 rings (SSSR count). The molecule has 0 bridgehead atoms. The summed E-state index contributed by atoms with van der Waals surface area (Å²) in [6.07, 6.45) is 18.3. The topological polar surface area (TPSA) is 6.48 Å². The van der Waals surface area contributed by atoms with Crippen molar-refractivity contribution in [3.8, 4) is 0 Å². The predicted octanol–water partition coefficient (Wildman–Crippen LogP) is 6.33. The van der Waals surface area contributed by atoms with Gasteiger partial charge in [-0.1, -0.05) is 0 Å². The van der Waals surface area contributed by atoms with Crippen molar-refractivity contribution in [1.82, 2.24) is 9.13 Å². The molecule has 0 radical (unpaired) electrons. The fraction of sp³-hybridized carbons (Fsp3) is 0.636. The average molecular weight is 638 g/mol. The summed E-state index contributed by atoms with van der Waals surface area (Å²) >= 11 is -0.636. The molecular weight excluding hydrogens is 599 g/mol. The van der Waals surface area contributed by atoms with Gasteiger partial charge in [-0.05, 0) is 0 Å². The molecule has 2 saturated heterocycles. The van der Waals surface area contributed by atoms with Crippen molar-refractivity contribution in [2.75, 3.05) is 26.2 Å². The van der Waals surface area contributed by atoms with Gasteiger partial charge in [-0.15, -0.1) is 34.0 Å². The molecule has 2 aliphatic heterocycles. The number of hydrogen-bond donors (Lipinski definition) is 0. The second-order valence-electron chi connectivity index (χ2n) is 9.63. The second kappa shape index (κ2) is 10.9. The summed E-state index contributed by atoms with van der Waals surface area (Å²) in [5.74, 6) is 0. The van der Waals surface area contributed by atoms with E-state index >= 15 is 0 Å². The Morgan fingerprint density at radius 2 is 1.00 bits per heavy atom. The molecule has 0 spiro atoms. The first-order chi connectivity index (χ1) is 12.9. The van der Waals surface area contributed by atoms with Crippen LogP contribution in [0.1, 0.15) is 38.5 Å². The summed E-state index contributed by atoms with van der Waals surface area (Å²) < 4.78 is 9.60. The summed E-state index contributed by atoms with van der Waals surface area (Å²) in [4.78, 5) is 0. The molecule has 29 heavy (non-hydrogen) atoms. The Morgan fingerprint density at radius 3 is 1.34 bits per heavy atom. The Kier molecular flexibility index (Phi) is 9.88. The van der Waals surface area contributed by atoms with E-state index in [4.69, 9.17) is 0 Å². The molecule has 0 unspecified atom stereocenters. The third kappa shape index (κ3) is 5.39. The number of rotatable bonds is 6. The van der Waals surface area contributed by atoms with Gasteiger partial charge in [0.25, 0.3) is 0 Å². The van der Waals surface area contributed by atoms with Crippen LogP contribution in [0.25, 0.3) is 0 Å². The SMILES string of the molecule is Br.Br.C[Si](C)(C1=[C]([Zr][C]2=C([Si](C)(C)N3CCCC3)C=CC2)CC=C1)N1CCCC1. The molecule has 4 aliphatic rings. The van der Waals surface area contributed by atoms with Crippen LogP contribution in [0.5, 0.6) is 0 Å². The Hall–Kier alpha value is 1.16. The first-order valence-corrected chi connectivity index (χ1v) is 19.3. The van der Waals surface area contributed by atoms with E-state index in [1.807, 2.05) is 17.0 Å². The van der Waals surface area contributed by atoms with Crippen molar-refractivity contribution in [2.24, 2.45) is 0 Å². The van der Waals surface area contributed by atoms with Gasteiger partial charge in [0, 0.05) is 0 Å². The fourth-order valence-electron chi connectivity index (χ4n) is 5.47. The quantitative estimate of drug-likeness (QED) is 0.314. The first kappa shape index (κ1) is 26.4. The molecule has 2 aliphatic carbocycles. The van der Waals surface area contributed by atoms with Crippen LogP contribution in [0, 0.1) is 0 Å². The monoisotopic (exact) mass is 634 g/mol. The van der Waals surface area contributed by atoms with E-state index in [2.05, 4.69) is 59.6 Å². The van der Waals surface area contributed by atoms with Crippen molar-refractivity contribution in [2.45, 2.75) is 64.7 Å². The van der Waals surface area contributed by atoms with Gasteiger partial charge in [0.2, 0.25) is 0 Å². The zero-order valence-corrected chi connectivity index (χ0v) is 26.5. The van der Waals surface area contributed by atoms with E-state index < -0.39 is 39.7 Å². The molecule has 2 nitrogen and oxygen atoms in total. The van der Waals surface area contributed by atoms with Crippen molar-refractivity contribution < 1.29 is 23.2 Å². The van der Waals surface area contributed by atoms with Gasteiger partial charge in [-0.2, -0.15) is 0 Å². The van der Waals surface area contributed by atoms with Gasteiger partial charge < -0.3 is 0 Å². The number of halogens is 2. The predicted molar refractivity (Wildman–Crippen MR) is 139 cm³/mol. The van der Waals surface area contributed by atoms with Crippen molar-refractivity contribution >= 4 is 50.4 Å². The molecular formula is C22H38Br2N2Si2Zr. The van der Waals surface area contributed by atoms with Crippen molar-refractivity contribution in [3.05, 3.63) is 41.3 Å². The first-order valence-electron chi connectivity index (χ1n) is 11.0. The summed E-state index contributed by atoms with van der Waals surface area (Å²) in [6.45, 7) is 15.9. The molecule has 162 valence electrons. The van der Waals surface area contributed by atoms with Crippen molar-refractivity contribution in [3.63, 3.8) is 0 Å². The van der Waals surface area contributed by atoms with Crippen LogP contribution >= 0.6 is 34.0 Å². The minimum atomic E-state index is -1.44. The third-order valence-corrected chi connectivity index (χ3v) is 19.9. The molecule has 0 aromatic rings. The third-order valence-electron chi connectivity index (χ3n) is 7.28. The number of nitrogens with zero attached hydrogens (tertiary/aromatic N) is 2.